The monoisotopic (exact) mass is 731 g/mol. The molecule has 0 radical (unpaired) electrons. The van der Waals surface area contributed by atoms with Crippen molar-refractivity contribution in [3.8, 4) is 5.75 Å². The highest BCUT2D eigenvalue weighted by Crippen LogP contribution is 2.35. The van der Waals surface area contributed by atoms with Gasteiger partial charge in [0.25, 0.3) is 11.1 Å². The Balaban J connectivity index is 1.50. The number of hydrogen-bond acceptors (Lipinski definition) is 4. The van der Waals surface area contributed by atoms with Gasteiger partial charge in [-0.25, -0.2) is 0 Å². The van der Waals surface area contributed by atoms with E-state index in [1.807, 2.05) is 66.7 Å². The van der Waals surface area contributed by atoms with E-state index in [4.69, 9.17) is 4.74 Å². The molecule has 0 aromatic heterocycles. The third-order valence-electron chi connectivity index (χ3n) is 4.65. The van der Waals surface area contributed by atoms with E-state index in [0.29, 0.717) is 11.5 Å². The summed E-state index contributed by atoms with van der Waals surface area (Å²) in [5.74, 6) is 0.546. The second-order valence-electron chi connectivity index (χ2n) is 6.99. The molecule has 32 heavy (non-hydrogen) atoms. The van der Waals surface area contributed by atoms with E-state index in [2.05, 4.69) is 61.1 Å². The first kappa shape index (κ1) is 23.8. The van der Waals surface area contributed by atoms with Crippen molar-refractivity contribution in [2.45, 2.75) is 13.2 Å². The Labute approximate surface area is 226 Å². The Kier molecular flexibility index (Phi) is 7.95. The first-order valence-electron chi connectivity index (χ1n) is 9.56. The van der Waals surface area contributed by atoms with Gasteiger partial charge in [0, 0.05) is 4.47 Å². The SMILES string of the molecule is O=C1S/C(=C/c2cc(I)c(OCc3ccccc3)c(I)c2)C(=O)N1Cc1cccc(Br)c1. The molecule has 1 saturated heterocycles. The molecule has 3 aromatic carbocycles. The van der Waals surface area contributed by atoms with E-state index >= 15 is 0 Å². The van der Waals surface area contributed by atoms with Crippen molar-refractivity contribution in [2.75, 3.05) is 0 Å². The van der Waals surface area contributed by atoms with Crippen LogP contribution in [-0.4, -0.2) is 16.0 Å². The molecule has 0 aliphatic carbocycles. The predicted molar refractivity (Wildman–Crippen MR) is 148 cm³/mol. The molecule has 1 heterocycles. The lowest BCUT2D eigenvalue weighted by atomic mass is 10.2. The molecule has 1 fully saturated rings. The highest BCUT2D eigenvalue weighted by Gasteiger charge is 2.35. The number of carbonyl (C=O) groups excluding carboxylic acids is 2. The van der Waals surface area contributed by atoms with Gasteiger partial charge >= 0.3 is 0 Å². The standard InChI is InChI=1S/C24H16BrI2NO3S/c25-18-8-4-7-16(9-18)13-28-23(29)21(32-24(28)30)12-17-10-19(26)22(20(27)11-17)31-14-15-5-2-1-3-6-15/h1-12H,13-14H2/b21-12+. The summed E-state index contributed by atoms with van der Waals surface area (Å²) in [4.78, 5) is 27.1. The zero-order valence-electron chi connectivity index (χ0n) is 16.6. The largest absolute Gasteiger partial charge is 0.487 e. The Morgan fingerprint density at radius 1 is 0.938 bits per heavy atom. The van der Waals surface area contributed by atoms with Gasteiger partial charge in [0.05, 0.1) is 18.6 Å². The van der Waals surface area contributed by atoms with E-state index in [0.717, 1.165) is 45.8 Å². The van der Waals surface area contributed by atoms with Crippen LogP contribution in [0, 0.1) is 7.14 Å². The summed E-state index contributed by atoms with van der Waals surface area (Å²) in [6.07, 6.45) is 1.77. The van der Waals surface area contributed by atoms with Crippen LogP contribution in [-0.2, 0) is 17.9 Å². The van der Waals surface area contributed by atoms with Gasteiger partial charge < -0.3 is 4.74 Å². The normalized spacial score (nSPS) is 15.0. The molecule has 4 rings (SSSR count). The summed E-state index contributed by atoms with van der Waals surface area (Å²) in [7, 11) is 0. The molecular formula is C24H16BrI2NO3S. The number of thioether (sulfide) groups is 1. The number of halogens is 3. The molecule has 162 valence electrons. The van der Waals surface area contributed by atoms with Crippen LogP contribution in [0.2, 0.25) is 0 Å². The Bertz CT molecular complexity index is 1190. The van der Waals surface area contributed by atoms with E-state index in [9.17, 15) is 9.59 Å². The van der Waals surface area contributed by atoms with Crippen LogP contribution < -0.4 is 4.74 Å². The second-order valence-corrected chi connectivity index (χ2v) is 11.2. The molecule has 0 saturated carbocycles. The van der Waals surface area contributed by atoms with E-state index in [1.165, 1.54) is 4.90 Å². The molecule has 4 nitrogen and oxygen atoms in total. The molecule has 1 aliphatic rings. The molecule has 8 heteroatoms. The molecule has 0 N–H and O–H groups in total. The number of carbonyl (C=O) groups is 2. The summed E-state index contributed by atoms with van der Waals surface area (Å²) < 4.78 is 8.85. The van der Waals surface area contributed by atoms with Crippen molar-refractivity contribution in [3.63, 3.8) is 0 Å². The molecule has 0 spiro atoms. The second kappa shape index (κ2) is 10.7. The summed E-state index contributed by atoms with van der Waals surface area (Å²) in [5, 5.41) is -0.256. The van der Waals surface area contributed by atoms with Crippen molar-refractivity contribution < 1.29 is 14.3 Å². The first-order valence-corrected chi connectivity index (χ1v) is 13.3. The average molecular weight is 732 g/mol. The number of imide groups is 1. The molecule has 0 atom stereocenters. The quantitative estimate of drug-likeness (QED) is 0.195. The minimum atomic E-state index is -0.269. The third-order valence-corrected chi connectivity index (χ3v) is 7.65. The fourth-order valence-corrected chi connectivity index (χ4v) is 6.55. The average Bonchev–Trinajstić information content (AvgIpc) is 3.01. The summed E-state index contributed by atoms with van der Waals surface area (Å²) in [6, 6.07) is 21.5. The van der Waals surface area contributed by atoms with Crippen LogP contribution in [0.5, 0.6) is 5.75 Å². The maximum Gasteiger partial charge on any atom is 0.293 e. The van der Waals surface area contributed by atoms with Crippen LogP contribution in [0.3, 0.4) is 0 Å². The van der Waals surface area contributed by atoms with Gasteiger partial charge in [-0.05, 0) is 104 Å². The predicted octanol–water partition coefficient (Wildman–Crippen LogP) is 7.47. The minimum Gasteiger partial charge on any atom is -0.487 e. The minimum absolute atomic E-state index is 0.253. The summed E-state index contributed by atoms with van der Waals surface area (Å²) >= 11 is 8.88. The Morgan fingerprint density at radius 3 is 2.31 bits per heavy atom. The fraction of sp³-hybridized carbons (Fsp3) is 0.0833. The highest BCUT2D eigenvalue weighted by atomic mass is 127. The van der Waals surface area contributed by atoms with Gasteiger partial charge in [0.15, 0.2) is 0 Å². The van der Waals surface area contributed by atoms with E-state index in [1.54, 1.807) is 6.08 Å². The fourth-order valence-electron chi connectivity index (χ4n) is 3.14. The molecule has 2 amide bonds. The third kappa shape index (κ3) is 5.75. The van der Waals surface area contributed by atoms with Crippen LogP contribution in [0.4, 0.5) is 4.79 Å². The van der Waals surface area contributed by atoms with Gasteiger partial charge in [-0.3, -0.25) is 14.5 Å². The van der Waals surface area contributed by atoms with Crippen LogP contribution in [0.15, 0.2) is 76.1 Å². The number of benzene rings is 3. The lowest BCUT2D eigenvalue weighted by molar-refractivity contribution is -0.123. The van der Waals surface area contributed by atoms with Crippen molar-refractivity contribution in [1.82, 2.24) is 4.90 Å². The molecular weight excluding hydrogens is 716 g/mol. The lowest BCUT2D eigenvalue weighted by Gasteiger charge is -2.13. The maximum absolute atomic E-state index is 12.9. The first-order chi connectivity index (χ1) is 15.4. The Morgan fingerprint density at radius 2 is 1.62 bits per heavy atom. The topological polar surface area (TPSA) is 46.6 Å². The van der Waals surface area contributed by atoms with Crippen LogP contribution >= 0.6 is 72.9 Å². The number of rotatable bonds is 6. The zero-order valence-corrected chi connectivity index (χ0v) is 23.3. The number of nitrogens with zero attached hydrogens (tertiary/aromatic N) is 1. The number of hydrogen-bond donors (Lipinski definition) is 0. The van der Waals surface area contributed by atoms with Gasteiger partial charge in [-0.2, -0.15) is 0 Å². The summed E-state index contributed by atoms with van der Waals surface area (Å²) in [6.45, 7) is 0.740. The zero-order chi connectivity index (χ0) is 22.7. The van der Waals surface area contributed by atoms with Crippen LogP contribution in [0.1, 0.15) is 16.7 Å². The van der Waals surface area contributed by atoms with E-state index in [-0.39, 0.29) is 17.7 Å². The van der Waals surface area contributed by atoms with Crippen molar-refractivity contribution in [1.29, 1.82) is 0 Å². The Hall–Kier alpha value is -1.37. The van der Waals surface area contributed by atoms with Crippen molar-refractivity contribution in [2.24, 2.45) is 0 Å². The molecule has 0 unspecified atom stereocenters. The smallest absolute Gasteiger partial charge is 0.293 e. The van der Waals surface area contributed by atoms with Gasteiger partial charge in [-0.1, -0.05) is 58.4 Å². The van der Waals surface area contributed by atoms with Gasteiger partial charge in [0.2, 0.25) is 0 Å². The lowest BCUT2D eigenvalue weighted by Crippen LogP contribution is -2.27. The van der Waals surface area contributed by atoms with E-state index < -0.39 is 0 Å². The summed E-state index contributed by atoms with van der Waals surface area (Å²) in [5.41, 5.74) is 2.85. The van der Waals surface area contributed by atoms with Gasteiger partial charge in [0.1, 0.15) is 12.4 Å². The number of ether oxygens (including phenoxy) is 1. The molecule has 3 aromatic rings. The number of amides is 2. The van der Waals surface area contributed by atoms with Crippen molar-refractivity contribution in [3.05, 3.63) is 99.9 Å². The molecule has 0 bridgehead atoms. The van der Waals surface area contributed by atoms with Crippen LogP contribution in [0.25, 0.3) is 6.08 Å². The highest BCUT2D eigenvalue weighted by molar-refractivity contribution is 14.1. The van der Waals surface area contributed by atoms with Gasteiger partial charge in [-0.15, -0.1) is 0 Å². The molecule has 1 aliphatic heterocycles. The van der Waals surface area contributed by atoms with Crippen molar-refractivity contribution >= 4 is 90.1 Å². The maximum atomic E-state index is 12.9.